The van der Waals surface area contributed by atoms with Gasteiger partial charge < -0.3 is 0 Å². The second-order valence-corrected chi connectivity index (χ2v) is 6.26. The van der Waals surface area contributed by atoms with Crippen LogP contribution in [0.3, 0.4) is 0 Å². The molecule has 0 aliphatic carbocycles. The van der Waals surface area contributed by atoms with Gasteiger partial charge in [0.15, 0.2) is 5.82 Å². The second kappa shape index (κ2) is 6.93. The van der Waals surface area contributed by atoms with Crippen LogP contribution in [0.2, 0.25) is 0 Å². The molecule has 1 aromatic heterocycles. The molecule has 1 N–H and O–H groups in total. The van der Waals surface area contributed by atoms with Crippen LogP contribution in [0.25, 0.3) is 11.4 Å². The maximum atomic E-state index is 5.30. The second-order valence-electron chi connectivity index (χ2n) is 5.00. The van der Waals surface area contributed by atoms with Gasteiger partial charge in [-0.2, -0.15) is 14.9 Å². The maximum Gasteiger partial charge on any atom is 0.216 e. The van der Waals surface area contributed by atoms with E-state index in [0.29, 0.717) is 10.6 Å². The van der Waals surface area contributed by atoms with Gasteiger partial charge in [0.2, 0.25) is 4.77 Å². The fourth-order valence-corrected chi connectivity index (χ4v) is 2.80. The van der Waals surface area contributed by atoms with Crippen molar-refractivity contribution in [3.63, 3.8) is 0 Å². The molecule has 3 rings (SSSR count). The van der Waals surface area contributed by atoms with Gasteiger partial charge in [-0.15, -0.1) is 11.8 Å². The number of thioether (sulfide) groups is 1. The molecule has 0 aliphatic rings. The molecule has 0 aliphatic heterocycles. The summed E-state index contributed by atoms with van der Waals surface area (Å²) in [5.41, 5.74) is 3.15. The van der Waals surface area contributed by atoms with Crippen molar-refractivity contribution in [2.45, 2.75) is 11.8 Å². The first kappa shape index (κ1) is 15.7. The van der Waals surface area contributed by atoms with Crippen molar-refractivity contribution in [2.24, 2.45) is 5.10 Å². The molecule has 0 saturated carbocycles. The molecule has 3 aromatic rings. The highest BCUT2D eigenvalue weighted by Gasteiger charge is 2.09. The van der Waals surface area contributed by atoms with E-state index in [1.54, 1.807) is 22.7 Å². The number of H-pyrrole nitrogens is 1. The minimum absolute atomic E-state index is 0.472. The molecule has 0 radical (unpaired) electrons. The van der Waals surface area contributed by atoms with Crippen LogP contribution in [0.5, 0.6) is 0 Å². The minimum atomic E-state index is 0.472. The number of nitrogens with one attached hydrogen (secondary N) is 1. The van der Waals surface area contributed by atoms with Crippen molar-refractivity contribution in [3.05, 3.63) is 64.4 Å². The molecule has 0 atom stereocenters. The van der Waals surface area contributed by atoms with Gasteiger partial charge in [-0.3, -0.25) is 0 Å². The van der Waals surface area contributed by atoms with Crippen molar-refractivity contribution in [1.29, 1.82) is 0 Å². The molecule has 6 heteroatoms. The molecular weight excluding hydrogens is 324 g/mol. The molecule has 23 heavy (non-hydrogen) atoms. The molecule has 4 nitrogen and oxygen atoms in total. The fourth-order valence-electron chi connectivity index (χ4n) is 2.21. The lowest BCUT2D eigenvalue weighted by molar-refractivity contribution is 0.870. The Kier molecular flexibility index (Phi) is 4.73. The predicted octanol–water partition coefficient (Wildman–Crippen LogP) is 4.52. The standard InChI is InChI=1S/C17H16N4S2/c1-12-5-3-4-6-15(12)16-19-20-17(22)21(16)18-11-13-7-9-14(23-2)10-8-13/h3-11H,1-2H3,(H,20,22)/b18-11-. The van der Waals surface area contributed by atoms with Crippen molar-refractivity contribution in [2.75, 3.05) is 6.26 Å². The van der Waals surface area contributed by atoms with Crippen LogP contribution in [-0.2, 0) is 0 Å². The van der Waals surface area contributed by atoms with Crippen molar-refractivity contribution in [1.82, 2.24) is 14.9 Å². The quantitative estimate of drug-likeness (QED) is 0.431. The first-order valence-corrected chi connectivity index (χ1v) is 8.74. The van der Waals surface area contributed by atoms with Crippen LogP contribution in [-0.4, -0.2) is 27.3 Å². The molecular formula is C17H16N4S2. The van der Waals surface area contributed by atoms with Crippen LogP contribution in [0.15, 0.2) is 58.5 Å². The number of rotatable bonds is 4. The Morgan fingerprint density at radius 2 is 1.91 bits per heavy atom. The largest absolute Gasteiger partial charge is 0.250 e. The Bertz CT molecular complexity index is 891. The summed E-state index contributed by atoms with van der Waals surface area (Å²) in [6, 6.07) is 16.3. The average molecular weight is 340 g/mol. The van der Waals surface area contributed by atoms with E-state index in [-0.39, 0.29) is 0 Å². The van der Waals surface area contributed by atoms with E-state index >= 15 is 0 Å². The first-order valence-electron chi connectivity index (χ1n) is 7.11. The third kappa shape index (κ3) is 3.43. The van der Waals surface area contributed by atoms with Crippen LogP contribution in [0.4, 0.5) is 0 Å². The van der Waals surface area contributed by atoms with Crippen molar-refractivity contribution >= 4 is 30.2 Å². The monoisotopic (exact) mass is 340 g/mol. The summed E-state index contributed by atoms with van der Waals surface area (Å²) in [5, 5.41) is 11.6. The molecule has 0 fully saturated rings. The topological polar surface area (TPSA) is 46.0 Å². The molecule has 0 amide bonds. The number of nitrogens with zero attached hydrogens (tertiary/aromatic N) is 3. The number of aromatic nitrogens is 3. The summed E-state index contributed by atoms with van der Waals surface area (Å²) in [7, 11) is 0. The van der Waals surface area contributed by atoms with Gasteiger partial charge in [-0.1, -0.05) is 36.4 Å². The number of hydrogen-bond donors (Lipinski definition) is 1. The summed E-state index contributed by atoms with van der Waals surface area (Å²) in [4.78, 5) is 1.22. The minimum Gasteiger partial charge on any atom is -0.250 e. The predicted molar refractivity (Wildman–Crippen MR) is 98.8 cm³/mol. The van der Waals surface area contributed by atoms with E-state index in [2.05, 4.69) is 33.7 Å². The number of hydrogen-bond acceptors (Lipinski definition) is 4. The SMILES string of the molecule is CSc1ccc(/C=N\n2c(-c3ccccc3C)n[nH]c2=S)cc1. The van der Waals surface area contributed by atoms with E-state index in [4.69, 9.17) is 12.2 Å². The fraction of sp³-hybridized carbons (Fsp3) is 0.118. The summed E-state index contributed by atoms with van der Waals surface area (Å²) in [6.07, 6.45) is 3.85. The zero-order valence-corrected chi connectivity index (χ0v) is 14.5. The zero-order valence-electron chi connectivity index (χ0n) is 12.9. The highest BCUT2D eigenvalue weighted by Crippen LogP contribution is 2.21. The summed E-state index contributed by atoms with van der Waals surface area (Å²) in [5.74, 6) is 0.713. The van der Waals surface area contributed by atoms with Gasteiger partial charge in [0.1, 0.15) is 0 Å². The van der Waals surface area contributed by atoms with E-state index in [9.17, 15) is 0 Å². The smallest absolute Gasteiger partial charge is 0.216 e. The zero-order chi connectivity index (χ0) is 16.2. The van der Waals surface area contributed by atoms with Crippen LogP contribution >= 0.6 is 24.0 Å². The average Bonchev–Trinajstić information content (AvgIpc) is 2.94. The third-order valence-electron chi connectivity index (χ3n) is 3.47. The van der Waals surface area contributed by atoms with Gasteiger partial charge in [-0.25, -0.2) is 5.10 Å². The molecule has 0 bridgehead atoms. The molecule has 0 spiro atoms. The van der Waals surface area contributed by atoms with Gasteiger partial charge in [0, 0.05) is 10.5 Å². The van der Waals surface area contributed by atoms with E-state index in [1.165, 1.54) is 4.90 Å². The van der Waals surface area contributed by atoms with Gasteiger partial charge in [0.05, 0.1) is 6.21 Å². The molecule has 0 saturated heterocycles. The Morgan fingerprint density at radius 3 is 2.61 bits per heavy atom. The molecule has 1 heterocycles. The molecule has 0 unspecified atom stereocenters. The summed E-state index contributed by atoms with van der Waals surface area (Å²) in [6.45, 7) is 2.04. The summed E-state index contributed by atoms with van der Waals surface area (Å²) >= 11 is 7.01. The number of benzene rings is 2. The van der Waals surface area contributed by atoms with Crippen molar-refractivity contribution < 1.29 is 0 Å². The third-order valence-corrected chi connectivity index (χ3v) is 4.48. The Hall–Kier alpha value is -2.18. The van der Waals surface area contributed by atoms with Crippen molar-refractivity contribution in [3.8, 4) is 11.4 Å². The Labute approximate surface area is 144 Å². The van der Waals surface area contributed by atoms with E-state index < -0.39 is 0 Å². The molecule has 2 aromatic carbocycles. The van der Waals surface area contributed by atoms with Crippen LogP contribution in [0.1, 0.15) is 11.1 Å². The Morgan fingerprint density at radius 1 is 1.17 bits per heavy atom. The maximum absolute atomic E-state index is 5.30. The first-order chi connectivity index (χ1) is 11.2. The highest BCUT2D eigenvalue weighted by molar-refractivity contribution is 7.98. The molecule has 116 valence electrons. The lowest BCUT2D eigenvalue weighted by atomic mass is 10.1. The normalized spacial score (nSPS) is 11.2. The van der Waals surface area contributed by atoms with E-state index in [0.717, 1.165) is 16.7 Å². The van der Waals surface area contributed by atoms with E-state index in [1.807, 2.05) is 43.3 Å². The Balaban J connectivity index is 1.97. The lowest BCUT2D eigenvalue weighted by Gasteiger charge is -2.04. The van der Waals surface area contributed by atoms with Gasteiger partial charge >= 0.3 is 0 Å². The van der Waals surface area contributed by atoms with Gasteiger partial charge in [-0.05, 0) is 48.7 Å². The number of aromatic amines is 1. The number of aryl methyl sites for hydroxylation is 1. The lowest BCUT2D eigenvalue weighted by Crippen LogP contribution is -1.96. The summed E-state index contributed by atoms with van der Waals surface area (Å²) < 4.78 is 2.13. The highest BCUT2D eigenvalue weighted by atomic mass is 32.2. The van der Waals surface area contributed by atoms with Crippen LogP contribution in [0, 0.1) is 11.7 Å². The van der Waals surface area contributed by atoms with Gasteiger partial charge in [0.25, 0.3) is 0 Å². The van der Waals surface area contributed by atoms with Crippen LogP contribution < -0.4 is 0 Å².